The lowest BCUT2D eigenvalue weighted by Gasteiger charge is -2.21. The van der Waals surface area contributed by atoms with Crippen molar-refractivity contribution in [3.8, 4) is 11.5 Å². The van der Waals surface area contributed by atoms with Crippen molar-refractivity contribution in [2.75, 3.05) is 13.7 Å². The number of carbonyl (C=O) groups is 1. The number of aliphatic carboxylic acids is 1. The number of carboxylic acid groups (broad SMARTS) is 1. The van der Waals surface area contributed by atoms with Crippen LogP contribution in [0.3, 0.4) is 0 Å². The van der Waals surface area contributed by atoms with Gasteiger partial charge in [-0.1, -0.05) is 12.1 Å². The Bertz CT molecular complexity index is 864. The van der Waals surface area contributed by atoms with E-state index in [1.165, 1.54) is 43.5 Å². The van der Waals surface area contributed by atoms with E-state index >= 15 is 0 Å². The number of benzene rings is 2. The fourth-order valence-corrected chi connectivity index (χ4v) is 3.55. The van der Waals surface area contributed by atoms with Crippen molar-refractivity contribution in [1.29, 1.82) is 0 Å². The number of nitrogens with one attached hydrogen (secondary N) is 1. The van der Waals surface area contributed by atoms with Gasteiger partial charge in [-0.15, -0.1) is 0 Å². The van der Waals surface area contributed by atoms with Gasteiger partial charge in [0.25, 0.3) is 0 Å². The highest BCUT2D eigenvalue weighted by Gasteiger charge is 2.32. The molecule has 0 fully saturated rings. The van der Waals surface area contributed by atoms with Crippen molar-refractivity contribution >= 4 is 16.0 Å². The largest absolute Gasteiger partial charge is 0.497 e. The molecule has 0 amide bonds. The number of sulfonamides is 1. The van der Waals surface area contributed by atoms with Crippen LogP contribution in [0.4, 0.5) is 0 Å². The Morgan fingerprint density at radius 1 is 1.07 bits per heavy atom. The number of rotatable bonds is 9. The molecule has 2 aromatic rings. The summed E-state index contributed by atoms with van der Waals surface area (Å²) in [5.74, 6) is -0.495. The Hall–Kier alpha value is -2.62. The summed E-state index contributed by atoms with van der Waals surface area (Å²) in [6.07, 6.45) is -1.59. The molecular formula is C18H21NO7S. The number of methoxy groups -OCH3 is 1. The van der Waals surface area contributed by atoms with E-state index < -0.39 is 28.1 Å². The van der Waals surface area contributed by atoms with Crippen molar-refractivity contribution in [1.82, 2.24) is 4.72 Å². The number of hydrogen-bond donors (Lipinski definition) is 3. The average Bonchev–Trinajstić information content (AvgIpc) is 2.66. The Morgan fingerprint density at radius 2 is 1.63 bits per heavy atom. The summed E-state index contributed by atoms with van der Waals surface area (Å²) in [7, 11) is -2.70. The van der Waals surface area contributed by atoms with Crippen LogP contribution in [0.1, 0.15) is 18.6 Å². The smallest absolute Gasteiger partial charge is 0.324 e. The molecule has 0 bridgehead atoms. The highest BCUT2D eigenvalue weighted by Crippen LogP contribution is 2.23. The van der Waals surface area contributed by atoms with Crippen LogP contribution in [0.5, 0.6) is 11.5 Å². The van der Waals surface area contributed by atoms with Gasteiger partial charge >= 0.3 is 5.97 Å². The first-order valence-corrected chi connectivity index (χ1v) is 9.57. The SMILES string of the molecule is CCOc1ccc(S(=O)(=O)NC(C(=O)O)C(O)c2ccc(OC)cc2)cc1. The third-order valence-electron chi connectivity index (χ3n) is 3.77. The van der Waals surface area contributed by atoms with E-state index in [9.17, 15) is 23.4 Å². The van der Waals surface area contributed by atoms with Gasteiger partial charge in [-0.3, -0.25) is 4.79 Å². The number of hydrogen-bond acceptors (Lipinski definition) is 6. The summed E-state index contributed by atoms with van der Waals surface area (Å²) in [5.41, 5.74) is 0.234. The van der Waals surface area contributed by atoms with Gasteiger partial charge < -0.3 is 19.7 Å². The molecule has 0 saturated carbocycles. The zero-order chi connectivity index (χ0) is 20.0. The quantitative estimate of drug-likeness (QED) is 0.589. The zero-order valence-corrected chi connectivity index (χ0v) is 15.6. The van der Waals surface area contributed by atoms with Gasteiger partial charge in [0.05, 0.1) is 18.6 Å². The van der Waals surface area contributed by atoms with Gasteiger partial charge in [0.15, 0.2) is 0 Å². The minimum atomic E-state index is -4.17. The molecule has 27 heavy (non-hydrogen) atoms. The molecule has 0 aromatic heterocycles. The minimum Gasteiger partial charge on any atom is -0.497 e. The van der Waals surface area contributed by atoms with E-state index in [1.807, 2.05) is 4.72 Å². The van der Waals surface area contributed by atoms with E-state index in [0.29, 0.717) is 18.1 Å². The summed E-state index contributed by atoms with van der Waals surface area (Å²) in [6.45, 7) is 2.23. The highest BCUT2D eigenvalue weighted by molar-refractivity contribution is 7.89. The lowest BCUT2D eigenvalue weighted by Crippen LogP contribution is -2.44. The average molecular weight is 395 g/mol. The van der Waals surface area contributed by atoms with Crippen LogP contribution in [0.25, 0.3) is 0 Å². The van der Waals surface area contributed by atoms with Gasteiger partial charge in [-0.25, -0.2) is 8.42 Å². The fraction of sp³-hybridized carbons (Fsp3) is 0.278. The second-order valence-corrected chi connectivity index (χ2v) is 7.27. The van der Waals surface area contributed by atoms with Crippen LogP contribution in [0, 0.1) is 0 Å². The van der Waals surface area contributed by atoms with Crippen LogP contribution in [0.2, 0.25) is 0 Å². The fourth-order valence-electron chi connectivity index (χ4n) is 2.36. The Morgan fingerprint density at radius 3 is 2.11 bits per heavy atom. The summed E-state index contributed by atoms with van der Waals surface area (Å²) in [4.78, 5) is 11.4. The first-order valence-electron chi connectivity index (χ1n) is 8.08. The predicted molar refractivity (Wildman–Crippen MR) is 97.3 cm³/mol. The number of carboxylic acids is 1. The third-order valence-corrected chi connectivity index (χ3v) is 5.22. The maximum Gasteiger partial charge on any atom is 0.324 e. The maximum absolute atomic E-state index is 12.5. The van der Waals surface area contributed by atoms with E-state index in [4.69, 9.17) is 9.47 Å². The van der Waals surface area contributed by atoms with Crippen molar-refractivity contribution in [2.24, 2.45) is 0 Å². The molecular weight excluding hydrogens is 374 g/mol. The van der Waals surface area contributed by atoms with Gasteiger partial charge in [-0.2, -0.15) is 4.72 Å². The summed E-state index contributed by atoms with van der Waals surface area (Å²) in [6, 6.07) is 9.76. The lowest BCUT2D eigenvalue weighted by atomic mass is 10.0. The molecule has 2 rings (SSSR count). The van der Waals surface area contributed by atoms with Crippen LogP contribution in [-0.4, -0.2) is 44.4 Å². The molecule has 2 unspecified atom stereocenters. The number of ether oxygens (including phenoxy) is 2. The first kappa shape index (κ1) is 20.7. The monoisotopic (exact) mass is 395 g/mol. The van der Waals surface area contributed by atoms with Gasteiger partial charge in [0, 0.05) is 0 Å². The van der Waals surface area contributed by atoms with Crippen molar-refractivity contribution < 1.29 is 32.9 Å². The molecule has 0 saturated heterocycles. The number of aliphatic hydroxyl groups excluding tert-OH is 1. The topological polar surface area (TPSA) is 122 Å². The molecule has 3 N–H and O–H groups in total. The molecule has 2 atom stereocenters. The van der Waals surface area contributed by atoms with Crippen LogP contribution >= 0.6 is 0 Å². The van der Waals surface area contributed by atoms with Gasteiger partial charge in [0.1, 0.15) is 23.6 Å². The lowest BCUT2D eigenvalue weighted by molar-refractivity contribution is -0.141. The predicted octanol–water partition coefficient (Wildman–Crippen LogP) is 1.56. The molecule has 2 aromatic carbocycles. The van der Waals surface area contributed by atoms with E-state index in [2.05, 4.69) is 0 Å². The molecule has 8 nitrogen and oxygen atoms in total. The van der Waals surface area contributed by atoms with Gasteiger partial charge in [-0.05, 0) is 48.9 Å². The normalized spacial score (nSPS) is 13.6. The molecule has 0 aliphatic carbocycles. The molecule has 9 heteroatoms. The summed E-state index contributed by atoms with van der Waals surface area (Å²) in [5, 5.41) is 19.8. The molecule has 0 heterocycles. The van der Waals surface area contributed by atoms with Crippen LogP contribution in [-0.2, 0) is 14.8 Å². The second kappa shape index (κ2) is 8.85. The first-order chi connectivity index (χ1) is 12.8. The number of aliphatic hydroxyl groups is 1. The zero-order valence-electron chi connectivity index (χ0n) is 14.8. The second-order valence-electron chi connectivity index (χ2n) is 5.56. The van der Waals surface area contributed by atoms with Crippen LogP contribution < -0.4 is 14.2 Å². The van der Waals surface area contributed by atoms with E-state index in [0.717, 1.165) is 0 Å². The molecule has 0 aliphatic rings. The summed E-state index contributed by atoms with van der Waals surface area (Å²) < 4.78 is 37.3. The maximum atomic E-state index is 12.5. The molecule has 0 spiro atoms. The van der Waals surface area contributed by atoms with E-state index in [-0.39, 0.29) is 10.5 Å². The molecule has 0 aliphatic heterocycles. The van der Waals surface area contributed by atoms with Crippen molar-refractivity contribution in [2.45, 2.75) is 24.0 Å². The Kier molecular flexibility index (Phi) is 6.78. The Labute approximate surface area is 157 Å². The van der Waals surface area contributed by atoms with Gasteiger partial charge in [0.2, 0.25) is 10.0 Å². The Balaban J connectivity index is 2.23. The van der Waals surface area contributed by atoms with E-state index in [1.54, 1.807) is 19.1 Å². The summed E-state index contributed by atoms with van der Waals surface area (Å²) >= 11 is 0. The highest BCUT2D eigenvalue weighted by atomic mass is 32.2. The minimum absolute atomic E-state index is 0.140. The molecule has 146 valence electrons. The standard InChI is InChI=1S/C18H21NO7S/c1-3-26-14-8-10-15(11-9-14)27(23,24)19-16(18(21)22)17(20)12-4-6-13(25-2)7-5-12/h4-11,16-17,19-20H,3H2,1-2H3,(H,21,22). The third kappa shape index (κ3) is 5.19. The van der Waals surface area contributed by atoms with Crippen molar-refractivity contribution in [3.05, 3.63) is 54.1 Å². The van der Waals surface area contributed by atoms with Crippen molar-refractivity contribution in [3.63, 3.8) is 0 Å². The van der Waals surface area contributed by atoms with Crippen LogP contribution in [0.15, 0.2) is 53.4 Å². The molecule has 0 radical (unpaired) electrons.